The Morgan fingerprint density at radius 3 is 1.48 bits per heavy atom. The maximum Gasteiger partial charge on any atom is 3.00 e. The predicted molar refractivity (Wildman–Crippen MR) is 83.9 cm³/mol. The average Bonchev–Trinajstić information content (AvgIpc) is 2.46. The van der Waals surface area contributed by atoms with Gasteiger partial charge in [0.25, 0.3) is 11.5 Å². The average molecular weight is 325 g/mol. The minimum absolute atomic E-state index is 0. The van der Waals surface area contributed by atoms with Gasteiger partial charge in [0.05, 0.1) is 24.2 Å². The third-order valence-corrected chi connectivity index (χ3v) is 2.74. The van der Waals surface area contributed by atoms with Crippen LogP contribution >= 0.6 is 0 Å². The van der Waals surface area contributed by atoms with Gasteiger partial charge < -0.3 is 10.2 Å². The van der Waals surface area contributed by atoms with Crippen LogP contribution in [0.4, 0.5) is 0 Å². The Morgan fingerprint density at radius 2 is 1.10 bits per heavy atom. The zero-order valence-electron chi connectivity index (χ0n) is 11.5. The maximum atomic E-state index is 7.68. The Hall–Kier alpha value is -2.10. The molecule has 0 spiro atoms. The van der Waals surface area contributed by atoms with Crippen LogP contribution in [0, 0.1) is 0 Å². The van der Waals surface area contributed by atoms with E-state index in [1.807, 2.05) is 36.4 Å². The second-order valence-corrected chi connectivity index (χ2v) is 4.25. The number of hydrogen-bond donors (Lipinski definition) is 0. The summed E-state index contributed by atoms with van der Waals surface area (Å²) in [4.78, 5) is 8.50. The molecule has 0 amide bonds. The van der Waals surface area contributed by atoms with E-state index in [2.05, 4.69) is 9.98 Å². The van der Waals surface area contributed by atoms with Gasteiger partial charge in [-0.05, 0) is 12.1 Å². The third kappa shape index (κ3) is 5.42. The van der Waals surface area contributed by atoms with Crippen molar-refractivity contribution in [2.45, 2.75) is 0 Å². The largest absolute Gasteiger partial charge is 3.00 e. The van der Waals surface area contributed by atoms with Crippen molar-refractivity contribution in [2.75, 3.05) is 13.1 Å². The fraction of sp³-hybridized carbons (Fsp3) is 0.125. The van der Waals surface area contributed by atoms with E-state index < -0.39 is 0 Å². The van der Waals surface area contributed by atoms with Gasteiger partial charge in [-0.1, -0.05) is 24.3 Å². The van der Waals surface area contributed by atoms with E-state index in [-0.39, 0.29) is 17.1 Å². The number of rotatable bonds is 5. The van der Waals surface area contributed by atoms with Gasteiger partial charge in [0.1, 0.15) is 0 Å². The molecule has 0 atom stereocenters. The molecule has 0 saturated carbocycles. The van der Waals surface area contributed by atoms with E-state index >= 15 is 0 Å². The molecule has 2 aromatic carbocycles. The molecule has 106 valence electrons. The van der Waals surface area contributed by atoms with Crippen LogP contribution in [-0.2, 0) is 17.1 Å². The topological polar surface area (TPSA) is 70.5 Å². The van der Waals surface area contributed by atoms with E-state index in [1.54, 1.807) is 24.6 Å². The normalized spacial score (nSPS) is 10.9. The summed E-state index contributed by atoms with van der Waals surface area (Å²) in [5.41, 5.74) is 1.63. The molecule has 0 aromatic heterocycles. The van der Waals surface area contributed by atoms with Gasteiger partial charge in [0.15, 0.2) is 0 Å². The van der Waals surface area contributed by atoms with Gasteiger partial charge in [-0.3, -0.25) is 9.98 Å². The summed E-state index contributed by atoms with van der Waals surface area (Å²) < 4.78 is 0. The van der Waals surface area contributed by atoms with Crippen LogP contribution in [0.3, 0.4) is 0 Å². The molecule has 5 heteroatoms. The van der Waals surface area contributed by atoms with Crippen LogP contribution in [0.25, 0.3) is 0 Å². The Bertz CT molecular complexity index is 572. The summed E-state index contributed by atoms with van der Waals surface area (Å²) in [5, 5.41) is 15.4. The Labute approximate surface area is 134 Å². The van der Waals surface area contributed by atoms with Crippen molar-refractivity contribution in [1.29, 1.82) is 0 Å². The second kappa shape index (κ2) is 8.95. The molecular formula is C16H18MnN2O2+5. The quantitative estimate of drug-likeness (QED) is 0.350. The molecule has 0 fully saturated rings. The second-order valence-electron chi connectivity index (χ2n) is 4.25. The van der Waals surface area contributed by atoms with Gasteiger partial charge in [0.2, 0.25) is 0 Å². The van der Waals surface area contributed by atoms with E-state index in [9.17, 15) is 0 Å². The first-order chi connectivity index (χ1) is 9.77. The molecule has 0 bridgehead atoms. The number of nitrogens with zero attached hydrogens (tertiary/aromatic N) is 2. The molecule has 21 heavy (non-hydrogen) atoms. The van der Waals surface area contributed by atoms with Crippen molar-refractivity contribution in [1.82, 2.24) is 0 Å². The number of aliphatic imine (C=N–C) groups is 2. The molecule has 0 aliphatic heterocycles. The first-order valence-electron chi connectivity index (χ1n) is 6.38. The van der Waals surface area contributed by atoms with Crippen molar-refractivity contribution in [2.24, 2.45) is 9.98 Å². The van der Waals surface area contributed by atoms with Gasteiger partial charge >= 0.3 is 17.1 Å². The van der Waals surface area contributed by atoms with E-state index in [4.69, 9.17) is 10.2 Å². The molecule has 0 radical (unpaired) electrons. The fourth-order valence-electron chi connectivity index (χ4n) is 1.66. The molecule has 4 nitrogen and oxygen atoms in total. The van der Waals surface area contributed by atoms with Crippen molar-refractivity contribution in [3.63, 3.8) is 0 Å². The van der Waals surface area contributed by atoms with Crippen LogP contribution < -0.4 is 0 Å². The first kappa shape index (κ1) is 17.0. The Morgan fingerprint density at radius 1 is 0.714 bits per heavy atom. The summed E-state index contributed by atoms with van der Waals surface area (Å²) >= 11 is 0. The third-order valence-electron chi connectivity index (χ3n) is 2.74. The molecule has 0 heterocycles. The zero-order valence-corrected chi connectivity index (χ0v) is 12.6. The van der Waals surface area contributed by atoms with Crippen LogP contribution in [0.15, 0.2) is 58.5 Å². The maximum absolute atomic E-state index is 7.68. The van der Waals surface area contributed by atoms with Crippen LogP contribution in [-0.4, -0.2) is 35.7 Å². The number of hydrogen-bond acceptors (Lipinski definition) is 2. The Kier molecular flexibility index (Phi) is 7.22. The number of para-hydroxylation sites is 2. The summed E-state index contributed by atoms with van der Waals surface area (Å²) in [6.45, 7) is 1.15. The van der Waals surface area contributed by atoms with Gasteiger partial charge in [0, 0.05) is 24.6 Å². The smallest absolute Gasteiger partial charge is 0.593 e. The van der Waals surface area contributed by atoms with Crippen molar-refractivity contribution in [3.05, 3.63) is 59.7 Å². The van der Waals surface area contributed by atoms with Crippen LogP contribution in [0.5, 0.6) is 11.5 Å². The van der Waals surface area contributed by atoms with Crippen LogP contribution in [0.1, 0.15) is 11.1 Å². The molecule has 0 unspecified atom stereocenters. The van der Waals surface area contributed by atoms with Gasteiger partial charge in [-0.2, -0.15) is 0 Å². The first-order valence-corrected chi connectivity index (χ1v) is 6.38. The monoisotopic (exact) mass is 325 g/mol. The van der Waals surface area contributed by atoms with E-state index in [0.29, 0.717) is 24.6 Å². The predicted octanol–water partition coefficient (Wildman–Crippen LogP) is 2.10. The van der Waals surface area contributed by atoms with Crippen molar-refractivity contribution >= 4 is 12.4 Å². The van der Waals surface area contributed by atoms with E-state index in [1.165, 1.54) is 0 Å². The summed E-state index contributed by atoms with van der Waals surface area (Å²) in [6, 6.07) is 14.7. The van der Waals surface area contributed by atoms with Crippen molar-refractivity contribution in [3.8, 4) is 11.5 Å². The summed E-state index contributed by atoms with van der Waals surface area (Å²) in [7, 11) is 0. The molecule has 0 aliphatic carbocycles. The SMILES string of the molecule is [Mn+3].[OH2+]c1ccccc1C=NCCN=Cc1ccccc1[OH2+]. The van der Waals surface area contributed by atoms with Crippen molar-refractivity contribution < 1.29 is 27.3 Å². The fourth-order valence-corrected chi connectivity index (χ4v) is 1.66. The Balaban J connectivity index is 0.00000220. The summed E-state index contributed by atoms with van der Waals surface area (Å²) in [5.74, 6) is 0.950. The number of benzene rings is 2. The molecular weight excluding hydrogens is 307 g/mol. The molecule has 0 saturated heterocycles. The van der Waals surface area contributed by atoms with Gasteiger partial charge in [-0.25, -0.2) is 0 Å². The van der Waals surface area contributed by atoms with Crippen LogP contribution in [0.2, 0.25) is 0 Å². The minimum Gasteiger partial charge on any atom is -0.593 e. The molecule has 4 N–H and O–H groups in total. The minimum atomic E-state index is 0. The summed E-state index contributed by atoms with van der Waals surface area (Å²) in [6.07, 6.45) is 3.41. The van der Waals surface area contributed by atoms with Gasteiger partial charge in [-0.15, -0.1) is 0 Å². The molecule has 2 aromatic rings. The standard InChI is InChI=1S/C16H16N2O2.Mn/c19-15-7-3-1-5-13(15)11-17-9-10-18-12-14-6-2-4-8-16(14)20;/h1-8,11-12,19-20H,9-10H2;/q;+3/p+2. The molecule has 0 aliphatic rings. The molecule has 2 rings (SSSR count). The zero-order chi connectivity index (χ0) is 14.2. The van der Waals surface area contributed by atoms with E-state index in [0.717, 1.165) is 11.1 Å².